The molecule has 1 aliphatic carbocycles. The number of nitrogens with zero attached hydrogens (tertiary/aromatic N) is 3. The molecule has 1 saturated heterocycles. The maximum absolute atomic E-state index is 13.9. The largest absolute Gasteiger partial charge is 0.381 e. The normalized spacial score (nSPS) is 20.6. The van der Waals surface area contributed by atoms with Crippen LogP contribution in [0.3, 0.4) is 0 Å². The first-order chi connectivity index (χ1) is 19.9. The molecule has 0 bridgehead atoms. The molecule has 4 heterocycles. The third kappa shape index (κ3) is 4.57. The summed E-state index contributed by atoms with van der Waals surface area (Å²) in [6.07, 6.45) is 6.31. The second-order valence-electron chi connectivity index (χ2n) is 11.5. The summed E-state index contributed by atoms with van der Waals surface area (Å²) in [5, 5.41) is 4.65. The molecule has 0 saturated carbocycles. The molecule has 0 radical (unpaired) electrons. The molecule has 2 atom stereocenters. The lowest BCUT2D eigenvalue weighted by Gasteiger charge is -2.34. The summed E-state index contributed by atoms with van der Waals surface area (Å²) in [6, 6.07) is 17.9. The number of fused-ring (bicyclic) bond motifs is 4. The Morgan fingerprint density at radius 2 is 1.90 bits per heavy atom. The Hall–Kier alpha value is -3.81. The van der Waals surface area contributed by atoms with Gasteiger partial charge in [0.05, 0.1) is 17.0 Å². The number of amides is 2. The Morgan fingerprint density at radius 3 is 2.71 bits per heavy atom. The van der Waals surface area contributed by atoms with E-state index in [0.29, 0.717) is 43.4 Å². The Kier molecular flexibility index (Phi) is 6.51. The Balaban J connectivity index is 1.20. The van der Waals surface area contributed by atoms with E-state index in [2.05, 4.69) is 35.4 Å². The van der Waals surface area contributed by atoms with E-state index in [1.807, 2.05) is 47.5 Å². The average molecular weight is 567 g/mol. The van der Waals surface area contributed by atoms with Crippen molar-refractivity contribution in [2.75, 3.05) is 18.5 Å². The van der Waals surface area contributed by atoms with Gasteiger partial charge < -0.3 is 15.0 Å². The van der Waals surface area contributed by atoms with Crippen molar-refractivity contribution in [1.82, 2.24) is 14.9 Å². The van der Waals surface area contributed by atoms with Gasteiger partial charge in [-0.25, -0.2) is 4.98 Å². The predicted molar refractivity (Wildman–Crippen MR) is 158 cm³/mol. The first-order valence-corrected chi connectivity index (χ1v) is 14.6. The molecular formula is C33H31ClN4O3. The van der Waals surface area contributed by atoms with Gasteiger partial charge in [0.1, 0.15) is 5.82 Å². The summed E-state index contributed by atoms with van der Waals surface area (Å²) in [7, 11) is 0. The van der Waals surface area contributed by atoms with Gasteiger partial charge in [0.15, 0.2) is 0 Å². The molecule has 2 aromatic carbocycles. The fraction of sp³-hybridized carbons (Fsp3) is 0.333. The predicted octanol–water partition coefficient (Wildman–Crippen LogP) is 5.79. The lowest BCUT2D eigenvalue weighted by Crippen LogP contribution is -2.39. The number of rotatable bonds is 5. The van der Waals surface area contributed by atoms with Gasteiger partial charge in [-0.05, 0) is 91.3 Å². The molecule has 1 N–H and O–H groups in total. The third-order valence-corrected chi connectivity index (χ3v) is 9.27. The van der Waals surface area contributed by atoms with E-state index in [1.54, 1.807) is 6.20 Å². The van der Waals surface area contributed by atoms with Gasteiger partial charge in [-0.15, -0.1) is 0 Å². The van der Waals surface area contributed by atoms with E-state index in [1.165, 1.54) is 0 Å². The summed E-state index contributed by atoms with van der Waals surface area (Å²) in [6.45, 7) is 3.72. The Labute approximate surface area is 243 Å². The molecule has 7 nitrogen and oxygen atoms in total. The molecule has 7 rings (SSSR count). The Bertz CT molecular complexity index is 1680. The maximum atomic E-state index is 13.9. The number of aromatic nitrogens is 2. The van der Waals surface area contributed by atoms with Gasteiger partial charge in [-0.1, -0.05) is 29.8 Å². The van der Waals surface area contributed by atoms with Crippen molar-refractivity contribution in [3.63, 3.8) is 0 Å². The Morgan fingerprint density at radius 1 is 1.10 bits per heavy atom. The molecule has 1 fully saturated rings. The minimum Gasteiger partial charge on any atom is -0.381 e. The molecule has 2 aromatic heterocycles. The lowest BCUT2D eigenvalue weighted by atomic mass is 9.79. The zero-order valence-corrected chi connectivity index (χ0v) is 23.7. The van der Waals surface area contributed by atoms with Crippen molar-refractivity contribution >= 4 is 40.1 Å². The van der Waals surface area contributed by atoms with E-state index in [4.69, 9.17) is 21.3 Å². The average Bonchev–Trinajstić information content (AvgIpc) is 3.50. The number of hydrogen-bond donors (Lipinski definition) is 1. The fourth-order valence-electron chi connectivity index (χ4n) is 6.76. The summed E-state index contributed by atoms with van der Waals surface area (Å²) in [4.78, 5) is 38.2. The monoisotopic (exact) mass is 566 g/mol. The smallest absolute Gasteiger partial charge is 0.237 e. The SMILES string of the molecule is C[C@H](c1cccc(Cl)c1)N(Cc1cnc2cc3c(cc2c1)C[C@@]1(C3)C(=O)Nc2ncccc21)C(=O)C1CCOCC1. The minimum atomic E-state index is -0.620. The van der Waals surface area contributed by atoms with Gasteiger partial charge in [0.2, 0.25) is 11.8 Å². The number of carbonyl (C=O) groups is 2. The van der Waals surface area contributed by atoms with Crippen molar-refractivity contribution in [1.29, 1.82) is 0 Å². The summed E-state index contributed by atoms with van der Waals surface area (Å²) in [5.41, 5.74) is 5.51. The van der Waals surface area contributed by atoms with Gasteiger partial charge in [0, 0.05) is 54.0 Å². The number of anilines is 1. The van der Waals surface area contributed by atoms with Crippen LogP contribution in [0.15, 0.2) is 67.0 Å². The number of nitrogens with one attached hydrogen (secondary N) is 1. The van der Waals surface area contributed by atoms with Crippen molar-refractivity contribution in [2.24, 2.45) is 5.92 Å². The van der Waals surface area contributed by atoms with Crippen LogP contribution < -0.4 is 5.32 Å². The summed E-state index contributed by atoms with van der Waals surface area (Å²) < 4.78 is 5.53. The zero-order valence-electron chi connectivity index (χ0n) is 22.9. The maximum Gasteiger partial charge on any atom is 0.237 e. The quantitative estimate of drug-likeness (QED) is 0.331. The third-order valence-electron chi connectivity index (χ3n) is 9.04. The van der Waals surface area contributed by atoms with Crippen LogP contribution in [0.5, 0.6) is 0 Å². The van der Waals surface area contributed by atoms with Crippen molar-refractivity contribution in [3.8, 4) is 0 Å². The van der Waals surface area contributed by atoms with Crippen molar-refractivity contribution in [3.05, 3.63) is 99.8 Å². The summed E-state index contributed by atoms with van der Waals surface area (Å²) in [5.74, 6) is 0.750. The highest BCUT2D eigenvalue weighted by molar-refractivity contribution is 6.30. The van der Waals surface area contributed by atoms with Crippen LogP contribution in [0, 0.1) is 5.92 Å². The van der Waals surface area contributed by atoms with Gasteiger partial charge in [-0.3, -0.25) is 14.6 Å². The van der Waals surface area contributed by atoms with E-state index in [-0.39, 0.29) is 23.8 Å². The second kappa shape index (κ2) is 10.2. The molecule has 4 aromatic rings. The van der Waals surface area contributed by atoms with Crippen molar-refractivity contribution in [2.45, 2.75) is 50.6 Å². The van der Waals surface area contributed by atoms with E-state index < -0.39 is 5.41 Å². The van der Waals surface area contributed by atoms with Crippen LogP contribution in [0.25, 0.3) is 10.9 Å². The van der Waals surface area contributed by atoms with Gasteiger partial charge >= 0.3 is 0 Å². The molecule has 1 spiro atoms. The molecule has 2 amide bonds. The van der Waals surface area contributed by atoms with Gasteiger partial charge in [-0.2, -0.15) is 0 Å². The highest BCUT2D eigenvalue weighted by atomic mass is 35.5. The lowest BCUT2D eigenvalue weighted by molar-refractivity contribution is -0.141. The minimum absolute atomic E-state index is 0.0115. The second-order valence-corrected chi connectivity index (χ2v) is 12.0. The van der Waals surface area contributed by atoms with Crippen LogP contribution in [0.4, 0.5) is 5.82 Å². The van der Waals surface area contributed by atoms with Gasteiger partial charge in [0.25, 0.3) is 0 Å². The number of benzene rings is 2. The topological polar surface area (TPSA) is 84.4 Å². The van der Waals surface area contributed by atoms with Crippen LogP contribution >= 0.6 is 11.6 Å². The van der Waals surface area contributed by atoms with Crippen LogP contribution in [0.2, 0.25) is 5.02 Å². The van der Waals surface area contributed by atoms with E-state index in [0.717, 1.165) is 51.6 Å². The van der Waals surface area contributed by atoms with Crippen LogP contribution in [-0.4, -0.2) is 39.9 Å². The number of pyridine rings is 2. The molecule has 208 valence electrons. The first kappa shape index (κ1) is 26.1. The molecule has 3 aliphatic rings. The molecule has 2 aliphatic heterocycles. The fourth-order valence-corrected chi connectivity index (χ4v) is 6.96. The zero-order chi connectivity index (χ0) is 28.1. The molecule has 0 unspecified atom stereocenters. The summed E-state index contributed by atoms with van der Waals surface area (Å²) >= 11 is 6.32. The number of halogens is 1. The molecule has 41 heavy (non-hydrogen) atoms. The molecule has 8 heteroatoms. The molecular weight excluding hydrogens is 536 g/mol. The van der Waals surface area contributed by atoms with Crippen LogP contribution in [-0.2, 0) is 39.1 Å². The van der Waals surface area contributed by atoms with Crippen LogP contribution in [0.1, 0.15) is 53.6 Å². The van der Waals surface area contributed by atoms with Crippen molar-refractivity contribution < 1.29 is 14.3 Å². The number of hydrogen-bond acceptors (Lipinski definition) is 5. The standard InChI is InChI=1S/C33H31ClN4O3/c1-20(23-4-2-5-27(34)14-23)38(31(39)22-7-10-41-11-8-22)19-21-12-24-13-25-16-33(17-26(25)15-29(24)36-18-21)28-6-3-9-35-30(28)37-32(33)40/h2-6,9,12-15,18,20,22H,7-8,10-11,16-17,19H2,1H3,(H,35,37,40)/t20-,33+/m1/s1. The number of ether oxygens (including phenoxy) is 1. The first-order valence-electron chi connectivity index (χ1n) is 14.2. The highest BCUT2D eigenvalue weighted by Crippen LogP contribution is 2.47. The van der Waals surface area contributed by atoms with E-state index in [9.17, 15) is 9.59 Å². The van der Waals surface area contributed by atoms with E-state index >= 15 is 0 Å². The highest BCUT2D eigenvalue weighted by Gasteiger charge is 2.51. The number of carbonyl (C=O) groups excluding carboxylic acids is 2.